The maximum absolute atomic E-state index is 12.2. The lowest BCUT2D eigenvalue weighted by Gasteiger charge is -2.25. The van der Waals surface area contributed by atoms with Crippen LogP contribution in [0.5, 0.6) is 0 Å². The smallest absolute Gasteiger partial charge is 0.243 e. The molecule has 18 heavy (non-hydrogen) atoms. The molecule has 1 rings (SSSR count). The molecular formula is C14H25N3O. The molecule has 0 fully saturated rings. The van der Waals surface area contributed by atoms with Crippen molar-refractivity contribution in [1.29, 1.82) is 0 Å². The number of amides is 1. The van der Waals surface area contributed by atoms with Crippen LogP contribution in [0.25, 0.3) is 0 Å². The zero-order chi connectivity index (χ0) is 13.9. The average molecular weight is 251 g/mol. The van der Waals surface area contributed by atoms with Crippen LogP contribution >= 0.6 is 0 Å². The van der Waals surface area contributed by atoms with Crippen molar-refractivity contribution < 1.29 is 4.79 Å². The summed E-state index contributed by atoms with van der Waals surface area (Å²) in [6, 6.07) is 3.97. The van der Waals surface area contributed by atoms with E-state index < -0.39 is 0 Å². The van der Waals surface area contributed by atoms with Crippen LogP contribution in [0.3, 0.4) is 0 Å². The lowest BCUT2D eigenvalue weighted by Crippen LogP contribution is -2.36. The molecule has 1 unspecified atom stereocenters. The highest BCUT2D eigenvalue weighted by Crippen LogP contribution is 2.24. The molecule has 1 aromatic heterocycles. The molecule has 4 heteroatoms. The molecule has 0 aliphatic carbocycles. The van der Waals surface area contributed by atoms with E-state index in [1.165, 1.54) is 0 Å². The third-order valence-electron chi connectivity index (χ3n) is 3.01. The highest BCUT2D eigenvalue weighted by Gasteiger charge is 2.24. The minimum absolute atomic E-state index is 0.00479. The number of nitrogens with one attached hydrogen (secondary N) is 1. The van der Waals surface area contributed by atoms with E-state index in [0.717, 1.165) is 17.8 Å². The molecule has 3 N–H and O–H groups in total. The number of hydrogen-bond acceptors (Lipinski definition) is 2. The second-order valence-corrected chi connectivity index (χ2v) is 6.12. The van der Waals surface area contributed by atoms with Gasteiger partial charge in [-0.15, -0.1) is 0 Å². The average Bonchev–Trinajstić information content (AvgIpc) is 2.56. The number of aromatic nitrogens is 1. The van der Waals surface area contributed by atoms with Crippen molar-refractivity contribution in [3.63, 3.8) is 0 Å². The molecule has 0 aliphatic rings. The Morgan fingerprint density at radius 3 is 2.22 bits per heavy atom. The predicted molar refractivity (Wildman–Crippen MR) is 74.9 cm³/mol. The first-order valence-electron chi connectivity index (χ1n) is 6.40. The summed E-state index contributed by atoms with van der Waals surface area (Å²) < 4.78 is 1.81. The largest absolute Gasteiger partial charge is 0.330 e. The molecular weight excluding hydrogens is 226 g/mol. The molecule has 0 spiro atoms. The third-order valence-corrected chi connectivity index (χ3v) is 3.01. The van der Waals surface area contributed by atoms with E-state index in [1.54, 1.807) is 0 Å². The normalized spacial score (nSPS) is 13.4. The SMILES string of the molecule is Cc1ccc(C)n1NC(=O)C(CN)CC(C)(C)C. The van der Waals surface area contributed by atoms with E-state index in [4.69, 9.17) is 5.73 Å². The summed E-state index contributed by atoms with van der Waals surface area (Å²) in [6.07, 6.45) is 0.786. The Hall–Kier alpha value is -1.29. The van der Waals surface area contributed by atoms with Gasteiger partial charge >= 0.3 is 0 Å². The van der Waals surface area contributed by atoms with Crippen LogP contribution in [0.1, 0.15) is 38.6 Å². The second-order valence-electron chi connectivity index (χ2n) is 6.12. The molecule has 1 heterocycles. The lowest BCUT2D eigenvalue weighted by molar-refractivity contribution is -0.121. The minimum atomic E-state index is -0.147. The highest BCUT2D eigenvalue weighted by atomic mass is 16.2. The van der Waals surface area contributed by atoms with Crippen LogP contribution in [0.15, 0.2) is 12.1 Å². The maximum Gasteiger partial charge on any atom is 0.243 e. The Balaban J connectivity index is 2.75. The first kappa shape index (κ1) is 14.8. The van der Waals surface area contributed by atoms with E-state index in [1.807, 2.05) is 30.7 Å². The molecule has 1 atom stereocenters. The van der Waals surface area contributed by atoms with E-state index >= 15 is 0 Å². The number of carbonyl (C=O) groups excluding carboxylic acids is 1. The summed E-state index contributed by atoms with van der Waals surface area (Å²) >= 11 is 0. The van der Waals surface area contributed by atoms with Gasteiger partial charge in [-0.2, -0.15) is 0 Å². The van der Waals surface area contributed by atoms with Gasteiger partial charge in [0.15, 0.2) is 0 Å². The first-order valence-corrected chi connectivity index (χ1v) is 6.40. The summed E-state index contributed by atoms with van der Waals surface area (Å²) in [4.78, 5) is 12.2. The molecule has 1 aromatic rings. The fraction of sp³-hybridized carbons (Fsp3) is 0.643. The topological polar surface area (TPSA) is 60.0 Å². The number of nitrogens with zero attached hydrogens (tertiary/aromatic N) is 1. The molecule has 4 nitrogen and oxygen atoms in total. The van der Waals surface area contributed by atoms with Crippen molar-refractivity contribution in [3.8, 4) is 0 Å². The standard InChI is InChI=1S/C14H25N3O/c1-10-6-7-11(2)17(10)16-13(18)12(9-15)8-14(3,4)5/h6-7,12H,8-9,15H2,1-5H3,(H,16,18). The monoisotopic (exact) mass is 251 g/mol. The summed E-state index contributed by atoms with van der Waals surface area (Å²) in [5, 5.41) is 0. The van der Waals surface area contributed by atoms with Gasteiger partial charge in [0, 0.05) is 17.9 Å². The number of rotatable bonds is 4. The number of carbonyl (C=O) groups is 1. The molecule has 0 saturated heterocycles. The van der Waals surface area contributed by atoms with Crippen LogP contribution in [0.2, 0.25) is 0 Å². The van der Waals surface area contributed by atoms with Gasteiger partial charge in [0.05, 0.1) is 5.92 Å². The molecule has 0 aliphatic heterocycles. The summed E-state index contributed by atoms with van der Waals surface area (Å²) in [7, 11) is 0. The predicted octanol–water partition coefficient (Wildman–Crippen LogP) is 2.19. The Morgan fingerprint density at radius 1 is 1.33 bits per heavy atom. The maximum atomic E-state index is 12.2. The van der Waals surface area contributed by atoms with Gasteiger partial charge in [-0.05, 0) is 37.8 Å². The molecule has 1 amide bonds. The van der Waals surface area contributed by atoms with Gasteiger partial charge in [-0.25, -0.2) is 0 Å². The highest BCUT2D eigenvalue weighted by molar-refractivity contribution is 5.86. The third kappa shape index (κ3) is 3.88. The Bertz CT molecular complexity index is 396. The Labute approximate surface area is 110 Å². The zero-order valence-corrected chi connectivity index (χ0v) is 12.1. The zero-order valence-electron chi connectivity index (χ0n) is 12.1. The fourth-order valence-corrected chi connectivity index (χ4v) is 2.07. The molecule has 0 saturated carbocycles. The van der Waals surface area contributed by atoms with E-state index in [-0.39, 0.29) is 17.2 Å². The van der Waals surface area contributed by atoms with Gasteiger partial charge in [-0.1, -0.05) is 20.8 Å². The van der Waals surface area contributed by atoms with Crippen molar-refractivity contribution in [2.24, 2.45) is 17.1 Å². The molecule has 0 bridgehead atoms. The van der Waals surface area contributed by atoms with Crippen molar-refractivity contribution in [3.05, 3.63) is 23.5 Å². The van der Waals surface area contributed by atoms with E-state index in [2.05, 4.69) is 26.2 Å². The van der Waals surface area contributed by atoms with E-state index in [0.29, 0.717) is 6.54 Å². The summed E-state index contributed by atoms with van der Waals surface area (Å²) in [6.45, 7) is 10.7. The number of hydrogen-bond donors (Lipinski definition) is 2. The van der Waals surface area contributed by atoms with Gasteiger partial charge in [0.2, 0.25) is 5.91 Å². The molecule has 0 aromatic carbocycles. The van der Waals surface area contributed by atoms with Crippen LogP contribution in [0, 0.1) is 25.2 Å². The van der Waals surface area contributed by atoms with Crippen molar-refractivity contribution in [1.82, 2.24) is 4.68 Å². The van der Waals surface area contributed by atoms with Crippen LogP contribution in [0.4, 0.5) is 0 Å². The van der Waals surface area contributed by atoms with Gasteiger partial charge in [0.25, 0.3) is 0 Å². The van der Waals surface area contributed by atoms with Gasteiger partial charge in [-0.3, -0.25) is 14.9 Å². The lowest BCUT2D eigenvalue weighted by atomic mass is 9.84. The minimum Gasteiger partial charge on any atom is -0.330 e. The van der Waals surface area contributed by atoms with Crippen molar-refractivity contribution in [2.45, 2.75) is 41.0 Å². The number of aryl methyl sites for hydroxylation is 2. The second kappa shape index (κ2) is 5.57. The Kier molecular flexibility index (Phi) is 4.57. The van der Waals surface area contributed by atoms with Crippen molar-refractivity contribution >= 4 is 5.91 Å². The molecule has 102 valence electrons. The Morgan fingerprint density at radius 2 is 1.83 bits per heavy atom. The van der Waals surface area contributed by atoms with E-state index in [9.17, 15) is 4.79 Å². The molecule has 0 radical (unpaired) electrons. The first-order chi connectivity index (χ1) is 8.24. The summed E-state index contributed by atoms with van der Waals surface area (Å²) in [5.74, 6) is -0.152. The summed E-state index contributed by atoms with van der Waals surface area (Å²) in [5.41, 5.74) is 10.8. The van der Waals surface area contributed by atoms with Crippen molar-refractivity contribution in [2.75, 3.05) is 12.0 Å². The van der Waals surface area contributed by atoms with Crippen LogP contribution < -0.4 is 11.2 Å². The van der Waals surface area contributed by atoms with Gasteiger partial charge < -0.3 is 5.73 Å². The van der Waals surface area contributed by atoms with Crippen LogP contribution in [-0.2, 0) is 4.79 Å². The van der Waals surface area contributed by atoms with Crippen LogP contribution in [-0.4, -0.2) is 17.1 Å². The van der Waals surface area contributed by atoms with Gasteiger partial charge in [0.1, 0.15) is 0 Å². The quantitative estimate of drug-likeness (QED) is 0.861. The number of nitrogens with two attached hydrogens (primary N) is 1. The fourth-order valence-electron chi connectivity index (χ4n) is 2.07.